The van der Waals surface area contributed by atoms with Gasteiger partial charge in [0, 0.05) is 30.7 Å². The largest absolute Gasteiger partial charge is 0.487 e. The first-order valence-electron chi connectivity index (χ1n) is 7.66. The number of nitrogens with zero attached hydrogens (tertiary/aromatic N) is 1. The van der Waals surface area contributed by atoms with Gasteiger partial charge in [0.25, 0.3) is 0 Å². The highest BCUT2D eigenvalue weighted by Crippen LogP contribution is 2.38. The molecule has 3 N–H and O–H groups in total. The van der Waals surface area contributed by atoms with Gasteiger partial charge in [-0.2, -0.15) is 0 Å². The van der Waals surface area contributed by atoms with Gasteiger partial charge in [0.15, 0.2) is 0 Å². The minimum absolute atomic E-state index is 0.516. The summed E-state index contributed by atoms with van der Waals surface area (Å²) in [6.07, 6.45) is 3.97. The zero-order chi connectivity index (χ0) is 14.9. The summed E-state index contributed by atoms with van der Waals surface area (Å²) in [5.74, 6) is 2.20. The van der Waals surface area contributed by atoms with E-state index in [2.05, 4.69) is 16.4 Å². The van der Waals surface area contributed by atoms with Gasteiger partial charge in [-0.15, -0.1) is 0 Å². The van der Waals surface area contributed by atoms with Crippen molar-refractivity contribution < 1.29 is 9.47 Å². The number of hydrogen-bond donors (Lipinski definition) is 2. The average molecular weight is 297 g/mol. The normalized spacial score (nSPS) is 17.6. The summed E-state index contributed by atoms with van der Waals surface area (Å²) in [6, 6.07) is 7.75. The van der Waals surface area contributed by atoms with E-state index in [1.54, 1.807) is 0 Å². The summed E-state index contributed by atoms with van der Waals surface area (Å²) in [4.78, 5) is 4.50. The van der Waals surface area contributed by atoms with E-state index in [1.807, 2.05) is 24.4 Å². The Morgan fingerprint density at radius 2 is 2.05 bits per heavy atom. The fourth-order valence-electron chi connectivity index (χ4n) is 3.21. The first-order chi connectivity index (χ1) is 10.8. The molecule has 1 saturated heterocycles. The van der Waals surface area contributed by atoms with Gasteiger partial charge in [-0.1, -0.05) is 0 Å². The number of rotatable bonds is 1. The molecule has 0 spiro atoms. The molecule has 2 aromatic rings. The molecule has 0 bridgehead atoms. The molecular weight excluding hydrogens is 278 g/mol. The molecule has 0 radical (unpaired) electrons. The number of nitrogens with two attached hydrogens (primary N) is 1. The van der Waals surface area contributed by atoms with Gasteiger partial charge in [0.2, 0.25) is 0 Å². The van der Waals surface area contributed by atoms with Crippen LogP contribution in [0.4, 0.5) is 17.2 Å². The topological polar surface area (TPSA) is 69.4 Å². The van der Waals surface area contributed by atoms with Crippen molar-refractivity contribution in [2.75, 3.05) is 24.3 Å². The van der Waals surface area contributed by atoms with Crippen molar-refractivity contribution in [2.45, 2.75) is 25.4 Å². The molecule has 5 heteroatoms. The lowest BCUT2D eigenvalue weighted by Crippen LogP contribution is -2.16. The summed E-state index contributed by atoms with van der Waals surface area (Å²) in [7, 11) is 0. The van der Waals surface area contributed by atoms with Gasteiger partial charge in [-0.25, -0.2) is 4.98 Å². The van der Waals surface area contributed by atoms with E-state index in [0.29, 0.717) is 18.2 Å². The lowest BCUT2D eigenvalue weighted by atomic mass is 9.89. The lowest BCUT2D eigenvalue weighted by Gasteiger charge is -2.24. The first kappa shape index (κ1) is 13.4. The maximum atomic E-state index is 5.97. The van der Waals surface area contributed by atoms with Crippen molar-refractivity contribution in [2.24, 2.45) is 0 Å². The molecule has 1 aromatic heterocycles. The third-order valence-corrected chi connectivity index (χ3v) is 4.38. The Morgan fingerprint density at radius 3 is 2.91 bits per heavy atom. The summed E-state index contributed by atoms with van der Waals surface area (Å²) < 4.78 is 11.4. The summed E-state index contributed by atoms with van der Waals surface area (Å²) in [5, 5.41) is 3.38. The molecule has 2 aliphatic heterocycles. The van der Waals surface area contributed by atoms with Crippen molar-refractivity contribution in [3.63, 3.8) is 0 Å². The number of ether oxygens (including phenoxy) is 2. The van der Waals surface area contributed by atoms with Crippen molar-refractivity contribution in [1.82, 2.24) is 4.98 Å². The molecular formula is C17H19N3O2. The fourth-order valence-corrected chi connectivity index (χ4v) is 3.21. The molecule has 0 saturated carbocycles. The number of anilines is 3. The number of nitrogen functional groups attached to an aromatic ring is 1. The highest BCUT2D eigenvalue weighted by atomic mass is 16.5. The van der Waals surface area contributed by atoms with Crippen molar-refractivity contribution in [1.29, 1.82) is 0 Å². The van der Waals surface area contributed by atoms with Gasteiger partial charge in [0.1, 0.15) is 18.2 Å². The predicted molar refractivity (Wildman–Crippen MR) is 85.5 cm³/mol. The molecule has 1 fully saturated rings. The smallest absolute Gasteiger partial charge is 0.143 e. The monoisotopic (exact) mass is 297 g/mol. The second kappa shape index (κ2) is 5.50. The predicted octanol–water partition coefficient (Wildman–Crippen LogP) is 3.19. The first-order valence-corrected chi connectivity index (χ1v) is 7.66. The third-order valence-electron chi connectivity index (χ3n) is 4.38. The lowest BCUT2D eigenvalue weighted by molar-refractivity contribution is 0.0849. The Morgan fingerprint density at radius 1 is 1.18 bits per heavy atom. The van der Waals surface area contributed by atoms with E-state index in [4.69, 9.17) is 15.2 Å². The van der Waals surface area contributed by atoms with Crippen LogP contribution in [0.25, 0.3) is 0 Å². The zero-order valence-electron chi connectivity index (χ0n) is 12.3. The number of pyridine rings is 1. The van der Waals surface area contributed by atoms with Crippen molar-refractivity contribution >= 4 is 17.2 Å². The quantitative estimate of drug-likeness (QED) is 0.791. The van der Waals surface area contributed by atoms with E-state index >= 15 is 0 Å². The van der Waals surface area contributed by atoms with Crippen molar-refractivity contribution in [3.8, 4) is 5.75 Å². The molecule has 0 aliphatic carbocycles. The van der Waals surface area contributed by atoms with Gasteiger partial charge in [-0.05, 0) is 48.6 Å². The Balaban J connectivity index is 1.73. The van der Waals surface area contributed by atoms with Crippen LogP contribution >= 0.6 is 0 Å². The molecule has 114 valence electrons. The minimum atomic E-state index is 0.516. The summed E-state index contributed by atoms with van der Waals surface area (Å²) in [5.41, 5.74) is 9.91. The van der Waals surface area contributed by atoms with E-state index < -0.39 is 0 Å². The van der Waals surface area contributed by atoms with Gasteiger partial charge in [-0.3, -0.25) is 0 Å². The summed E-state index contributed by atoms with van der Waals surface area (Å²) in [6.45, 7) is 2.18. The maximum absolute atomic E-state index is 5.97. The number of hydrogen-bond acceptors (Lipinski definition) is 5. The third kappa shape index (κ3) is 2.37. The van der Waals surface area contributed by atoms with Crippen LogP contribution < -0.4 is 15.8 Å². The molecule has 5 nitrogen and oxygen atoms in total. The van der Waals surface area contributed by atoms with Gasteiger partial charge < -0.3 is 20.5 Å². The molecule has 3 heterocycles. The van der Waals surface area contributed by atoms with Crippen LogP contribution in [0.1, 0.15) is 29.9 Å². The van der Waals surface area contributed by atoms with Crippen LogP contribution in [0.5, 0.6) is 5.75 Å². The van der Waals surface area contributed by atoms with E-state index in [0.717, 1.165) is 48.9 Å². The Labute approximate surface area is 129 Å². The van der Waals surface area contributed by atoms with Crippen LogP contribution in [-0.4, -0.2) is 18.2 Å². The average Bonchev–Trinajstić information content (AvgIpc) is 2.74. The Kier molecular flexibility index (Phi) is 3.35. The molecule has 22 heavy (non-hydrogen) atoms. The Hall–Kier alpha value is -2.27. The van der Waals surface area contributed by atoms with E-state index in [9.17, 15) is 0 Å². The van der Waals surface area contributed by atoms with Crippen LogP contribution in [0.3, 0.4) is 0 Å². The van der Waals surface area contributed by atoms with Crippen LogP contribution in [0, 0.1) is 0 Å². The highest BCUT2D eigenvalue weighted by molar-refractivity contribution is 5.71. The fraction of sp³-hybridized carbons (Fsp3) is 0.353. The second-order valence-electron chi connectivity index (χ2n) is 5.78. The second-order valence-corrected chi connectivity index (χ2v) is 5.78. The number of nitrogens with one attached hydrogen (secondary N) is 1. The number of aromatic nitrogens is 1. The maximum Gasteiger partial charge on any atom is 0.143 e. The van der Waals surface area contributed by atoms with E-state index in [-0.39, 0.29) is 0 Å². The Bertz CT molecular complexity index is 696. The number of benzene rings is 1. The van der Waals surface area contributed by atoms with Gasteiger partial charge in [0.05, 0.1) is 5.69 Å². The van der Waals surface area contributed by atoms with Gasteiger partial charge >= 0.3 is 0 Å². The molecule has 4 rings (SSSR count). The molecule has 2 aliphatic rings. The molecule has 0 amide bonds. The minimum Gasteiger partial charge on any atom is -0.487 e. The molecule has 1 aromatic carbocycles. The van der Waals surface area contributed by atoms with Crippen molar-refractivity contribution in [3.05, 3.63) is 41.6 Å². The van der Waals surface area contributed by atoms with Crippen LogP contribution in [-0.2, 0) is 11.3 Å². The standard InChI is InChI=1S/C17H19N3O2/c18-12-1-2-16-15(9-12)20-17-14(10-22-16)13(3-6-19-17)11-4-7-21-8-5-11/h1-3,6,9,11H,4-5,7-8,10,18H2,(H,19,20). The molecule has 0 atom stereocenters. The summed E-state index contributed by atoms with van der Waals surface area (Å²) >= 11 is 0. The zero-order valence-corrected chi connectivity index (χ0v) is 12.3. The SMILES string of the molecule is Nc1ccc2c(c1)Nc1nccc(C3CCOCC3)c1CO2. The number of fused-ring (bicyclic) bond motifs is 2. The van der Waals surface area contributed by atoms with E-state index in [1.165, 1.54) is 5.56 Å². The van der Waals surface area contributed by atoms with Crippen LogP contribution in [0.15, 0.2) is 30.5 Å². The van der Waals surface area contributed by atoms with Crippen LogP contribution in [0.2, 0.25) is 0 Å². The molecule has 0 unspecified atom stereocenters. The highest BCUT2D eigenvalue weighted by Gasteiger charge is 2.23.